The summed E-state index contributed by atoms with van der Waals surface area (Å²) >= 11 is 0. The molecule has 0 aliphatic heterocycles. The van der Waals surface area contributed by atoms with Crippen LogP contribution < -0.4 is 5.32 Å². The Morgan fingerprint density at radius 2 is 1.03 bits per heavy atom. The van der Waals surface area contributed by atoms with Gasteiger partial charge >= 0.3 is 0 Å². The number of carbonyl (C=O) groups excluding carboxylic acids is 1. The molecule has 214 valence electrons. The third-order valence-corrected chi connectivity index (χ3v) is 7.27. The fourth-order valence-electron chi connectivity index (χ4n) is 4.76. The average Bonchev–Trinajstić information content (AvgIpc) is 2.88. The maximum absolute atomic E-state index is 12.2. The van der Waals surface area contributed by atoms with Gasteiger partial charge in [0.05, 0.1) is 18.8 Å². The Bertz CT molecular complexity index is 480. The minimum Gasteiger partial charge on any atom is -0.394 e. The van der Waals surface area contributed by atoms with Crippen LogP contribution in [0.5, 0.6) is 0 Å². The Balaban J connectivity index is 3.66. The fraction of sp³-hybridized carbons (Fsp3) is 0.906. The van der Waals surface area contributed by atoms with Crippen molar-refractivity contribution in [1.82, 2.24) is 5.32 Å². The van der Waals surface area contributed by atoms with Crippen molar-refractivity contribution in [2.75, 3.05) is 6.61 Å². The van der Waals surface area contributed by atoms with Gasteiger partial charge in [-0.3, -0.25) is 4.79 Å². The summed E-state index contributed by atoms with van der Waals surface area (Å²) in [4.78, 5) is 12.2. The molecule has 0 aromatic rings. The van der Waals surface area contributed by atoms with Crippen LogP contribution in [-0.2, 0) is 4.79 Å². The van der Waals surface area contributed by atoms with Crippen LogP contribution in [0.2, 0.25) is 0 Å². The molecule has 4 heteroatoms. The normalized spacial score (nSPS) is 13.3. The molecule has 0 bridgehead atoms. The molecule has 36 heavy (non-hydrogen) atoms. The van der Waals surface area contributed by atoms with Crippen LogP contribution in [-0.4, -0.2) is 34.9 Å². The number of unbranched alkanes of at least 4 members (excludes halogenated alkanes) is 21. The lowest BCUT2D eigenvalue weighted by Gasteiger charge is -2.20. The van der Waals surface area contributed by atoms with E-state index in [0.717, 1.165) is 25.7 Å². The lowest BCUT2D eigenvalue weighted by molar-refractivity contribution is -0.123. The van der Waals surface area contributed by atoms with E-state index in [0.29, 0.717) is 6.42 Å². The maximum atomic E-state index is 12.2. The molecule has 0 aliphatic rings. The van der Waals surface area contributed by atoms with Crippen molar-refractivity contribution in [1.29, 1.82) is 0 Å². The second-order valence-corrected chi connectivity index (χ2v) is 10.9. The number of amides is 1. The molecule has 0 unspecified atom stereocenters. The highest BCUT2D eigenvalue weighted by Gasteiger charge is 2.17. The second kappa shape index (κ2) is 28.7. The molecule has 3 N–H and O–H groups in total. The van der Waals surface area contributed by atoms with E-state index in [4.69, 9.17) is 0 Å². The summed E-state index contributed by atoms with van der Waals surface area (Å²) in [5.74, 6) is -0.0669. The number of allylic oxidation sites excluding steroid dienone is 1. The van der Waals surface area contributed by atoms with Gasteiger partial charge in [-0.05, 0) is 19.3 Å². The van der Waals surface area contributed by atoms with Crippen LogP contribution in [0.25, 0.3) is 0 Å². The van der Waals surface area contributed by atoms with E-state index < -0.39 is 12.1 Å². The molecule has 0 aromatic heterocycles. The molecular weight excluding hydrogens is 446 g/mol. The van der Waals surface area contributed by atoms with Gasteiger partial charge in [0.25, 0.3) is 0 Å². The summed E-state index contributed by atoms with van der Waals surface area (Å²) in [7, 11) is 0. The SMILES string of the molecule is CCCCCCCCCCCCCC=C[C@@H](O)[C@H](CO)NC(=O)CCCCCCCCCCCCC. The number of carbonyl (C=O) groups is 1. The molecule has 4 nitrogen and oxygen atoms in total. The van der Waals surface area contributed by atoms with Gasteiger partial charge in [0.2, 0.25) is 5.91 Å². The fourth-order valence-corrected chi connectivity index (χ4v) is 4.76. The third-order valence-electron chi connectivity index (χ3n) is 7.27. The first-order valence-corrected chi connectivity index (χ1v) is 15.9. The van der Waals surface area contributed by atoms with Crippen molar-refractivity contribution in [3.63, 3.8) is 0 Å². The molecule has 1 amide bonds. The molecule has 0 radical (unpaired) electrons. The number of aliphatic hydroxyl groups excluding tert-OH is 2. The summed E-state index contributed by atoms with van der Waals surface area (Å²) in [6, 6.07) is -0.612. The summed E-state index contributed by atoms with van der Waals surface area (Å²) in [6.45, 7) is 4.28. The highest BCUT2D eigenvalue weighted by atomic mass is 16.3. The van der Waals surface area contributed by atoms with E-state index in [1.54, 1.807) is 6.08 Å². The van der Waals surface area contributed by atoms with E-state index >= 15 is 0 Å². The summed E-state index contributed by atoms with van der Waals surface area (Å²) in [5, 5.41) is 22.7. The Labute approximate surface area is 225 Å². The van der Waals surface area contributed by atoms with Crippen LogP contribution >= 0.6 is 0 Å². The first kappa shape index (κ1) is 35.1. The average molecular weight is 510 g/mol. The smallest absolute Gasteiger partial charge is 0.220 e. The molecule has 0 spiro atoms. The van der Waals surface area contributed by atoms with Gasteiger partial charge in [0.1, 0.15) is 0 Å². The molecule has 2 atom stereocenters. The van der Waals surface area contributed by atoms with Gasteiger partial charge in [0.15, 0.2) is 0 Å². The third kappa shape index (κ3) is 24.8. The highest BCUT2D eigenvalue weighted by Crippen LogP contribution is 2.13. The molecule has 0 heterocycles. The molecule has 0 saturated heterocycles. The number of aliphatic hydroxyl groups is 2. The standard InChI is InChI=1S/C32H63NO3/c1-3-5-7-9-11-13-15-16-18-19-21-23-25-27-31(35)30(29-34)33-32(36)28-26-24-22-20-17-14-12-10-8-6-4-2/h25,27,30-31,34-35H,3-24,26,28-29H2,1-2H3,(H,33,36)/t30-,31+/m0/s1. The Morgan fingerprint density at radius 1 is 0.639 bits per heavy atom. The van der Waals surface area contributed by atoms with Crippen LogP contribution in [0.15, 0.2) is 12.2 Å². The lowest BCUT2D eigenvalue weighted by atomic mass is 10.0. The van der Waals surface area contributed by atoms with Gasteiger partial charge in [-0.2, -0.15) is 0 Å². The molecule has 0 fully saturated rings. The topological polar surface area (TPSA) is 69.6 Å². The Kier molecular flexibility index (Phi) is 28.0. The Hall–Kier alpha value is -0.870. The van der Waals surface area contributed by atoms with Crippen molar-refractivity contribution in [3.8, 4) is 0 Å². The number of rotatable bonds is 28. The molecule has 0 aromatic carbocycles. The molecule has 0 aliphatic carbocycles. The number of hydrogen-bond donors (Lipinski definition) is 3. The van der Waals surface area contributed by atoms with Crippen LogP contribution in [0.1, 0.15) is 168 Å². The largest absolute Gasteiger partial charge is 0.394 e. The summed E-state index contributed by atoms with van der Waals surface area (Å²) in [5.41, 5.74) is 0. The highest BCUT2D eigenvalue weighted by molar-refractivity contribution is 5.76. The van der Waals surface area contributed by atoms with Gasteiger partial charge in [-0.15, -0.1) is 0 Å². The monoisotopic (exact) mass is 509 g/mol. The predicted octanol–water partition coefficient (Wildman–Crippen LogP) is 8.78. The first-order valence-electron chi connectivity index (χ1n) is 15.9. The minimum absolute atomic E-state index is 0.0669. The van der Waals surface area contributed by atoms with E-state index in [2.05, 4.69) is 19.2 Å². The van der Waals surface area contributed by atoms with Gasteiger partial charge in [-0.25, -0.2) is 0 Å². The zero-order chi connectivity index (χ0) is 26.5. The van der Waals surface area contributed by atoms with Crippen LogP contribution in [0, 0.1) is 0 Å². The van der Waals surface area contributed by atoms with Crippen molar-refractivity contribution in [3.05, 3.63) is 12.2 Å². The van der Waals surface area contributed by atoms with Crippen molar-refractivity contribution >= 4 is 5.91 Å². The minimum atomic E-state index is -0.830. The first-order chi connectivity index (χ1) is 17.7. The summed E-state index contributed by atoms with van der Waals surface area (Å²) in [6.07, 6.45) is 32.8. The quantitative estimate of drug-likeness (QED) is 0.0729. The maximum Gasteiger partial charge on any atom is 0.220 e. The summed E-state index contributed by atoms with van der Waals surface area (Å²) < 4.78 is 0. The zero-order valence-corrected chi connectivity index (χ0v) is 24.3. The van der Waals surface area contributed by atoms with Gasteiger partial charge in [0, 0.05) is 6.42 Å². The zero-order valence-electron chi connectivity index (χ0n) is 24.3. The van der Waals surface area contributed by atoms with Crippen LogP contribution in [0.4, 0.5) is 0 Å². The lowest BCUT2D eigenvalue weighted by Crippen LogP contribution is -2.45. The van der Waals surface area contributed by atoms with E-state index in [1.165, 1.54) is 122 Å². The predicted molar refractivity (Wildman–Crippen MR) is 156 cm³/mol. The van der Waals surface area contributed by atoms with E-state index in [1.807, 2.05) is 6.08 Å². The van der Waals surface area contributed by atoms with Gasteiger partial charge in [-0.1, -0.05) is 154 Å². The van der Waals surface area contributed by atoms with Crippen molar-refractivity contribution in [2.24, 2.45) is 0 Å². The Morgan fingerprint density at radius 3 is 1.44 bits per heavy atom. The van der Waals surface area contributed by atoms with E-state index in [9.17, 15) is 15.0 Å². The molecule has 0 rings (SSSR count). The number of hydrogen-bond acceptors (Lipinski definition) is 3. The van der Waals surface area contributed by atoms with Gasteiger partial charge < -0.3 is 15.5 Å². The molecule has 0 saturated carbocycles. The van der Waals surface area contributed by atoms with Crippen LogP contribution in [0.3, 0.4) is 0 Å². The van der Waals surface area contributed by atoms with E-state index in [-0.39, 0.29) is 12.5 Å². The number of nitrogens with one attached hydrogen (secondary N) is 1. The van der Waals surface area contributed by atoms with Crippen molar-refractivity contribution < 1.29 is 15.0 Å². The van der Waals surface area contributed by atoms with Crippen molar-refractivity contribution in [2.45, 2.75) is 180 Å². The molecular formula is C32H63NO3. The second-order valence-electron chi connectivity index (χ2n) is 10.9.